The molecule has 1 atom stereocenters. The van der Waals surface area contributed by atoms with Gasteiger partial charge in [-0.3, -0.25) is 14.8 Å². The molecule has 3 N–H and O–H groups in total. The van der Waals surface area contributed by atoms with Crippen molar-refractivity contribution in [1.29, 1.82) is 0 Å². The van der Waals surface area contributed by atoms with Crippen LogP contribution in [0.1, 0.15) is 12.5 Å². The number of piperazine rings is 1. The summed E-state index contributed by atoms with van der Waals surface area (Å²) < 4.78 is 5.07. The normalized spacial score (nSPS) is 17.8. The Balaban J connectivity index is 0.00000312. The van der Waals surface area contributed by atoms with Crippen LogP contribution in [0.15, 0.2) is 35.3 Å². The number of hydrogen-bond donors (Lipinski definition) is 2. The Kier molecular flexibility index (Phi) is 11.0. The fourth-order valence-electron chi connectivity index (χ4n) is 2.91. The highest BCUT2D eigenvalue weighted by atomic mass is 127. The lowest BCUT2D eigenvalue weighted by Gasteiger charge is -2.34. The van der Waals surface area contributed by atoms with E-state index in [2.05, 4.69) is 50.4 Å². The standard InChI is InChI=1S/C18H31N5O.HI/c1-16(15-24-2)21-18(19)20-8-9-22-10-12-23(13-11-22)14-17-6-4-3-5-7-17;/h3-7,16H,8-15H2,1-2H3,(H3,19,20,21);1H. The third-order valence-corrected chi connectivity index (χ3v) is 4.22. The van der Waals surface area contributed by atoms with Crippen LogP contribution in [0.5, 0.6) is 0 Å². The minimum atomic E-state index is 0. The molecule has 0 bridgehead atoms. The molecule has 1 saturated heterocycles. The second kappa shape index (κ2) is 12.5. The summed E-state index contributed by atoms with van der Waals surface area (Å²) in [6.45, 7) is 9.79. The third kappa shape index (κ3) is 8.84. The van der Waals surface area contributed by atoms with E-state index in [0.717, 1.165) is 45.8 Å². The Hall–Kier alpha value is -0.900. The summed E-state index contributed by atoms with van der Waals surface area (Å²) >= 11 is 0. The van der Waals surface area contributed by atoms with Gasteiger partial charge in [0.1, 0.15) is 0 Å². The quantitative estimate of drug-likeness (QED) is 0.348. The molecule has 6 nitrogen and oxygen atoms in total. The molecule has 1 aliphatic rings. The first-order valence-electron chi connectivity index (χ1n) is 8.71. The first kappa shape index (κ1) is 22.1. The lowest BCUT2D eigenvalue weighted by Crippen LogP contribution is -2.47. The minimum absolute atomic E-state index is 0. The Morgan fingerprint density at radius 2 is 1.84 bits per heavy atom. The van der Waals surface area contributed by atoms with Gasteiger partial charge in [0.2, 0.25) is 0 Å². The summed E-state index contributed by atoms with van der Waals surface area (Å²) in [5.41, 5.74) is 7.27. The van der Waals surface area contributed by atoms with Gasteiger partial charge in [-0.2, -0.15) is 0 Å². The van der Waals surface area contributed by atoms with Gasteiger partial charge in [-0.25, -0.2) is 0 Å². The molecule has 25 heavy (non-hydrogen) atoms. The van der Waals surface area contributed by atoms with E-state index < -0.39 is 0 Å². The van der Waals surface area contributed by atoms with E-state index in [4.69, 9.17) is 10.5 Å². The van der Waals surface area contributed by atoms with Crippen LogP contribution in [0.4, 0.5) is 0 Å². The van der Waals surface area contributed by atoms with Crippen molar-refractivity contribution < 1.29 is 4.74 Å². The van der Waals surface area contributed by atoms with E-state index in [1.165, 1.54) is 5.56 Å². The lowest BCUT2D eigenvalue weighted by molar-refractivity contribution is 0.130. The fourth-order valence-corrected chi connectivity index (χ4v) is 2.91. The van der Waals surface area contributed by atoms with Crippen LogP contribution in [0.25, 0.3) is 0 Å². The van der Waals surface area contributed by atoms with Crippen molar-refractivity contribution in [3.05, 3.63) is 35.9 Å². The average molecular weight is 461 g/mol. The second-order valence-electron chi connectivity index (χ2n) is 6.37. The molecule has 142 valence electrons. The first-order valence-corrected chi connectivity index (χ1v) is 8.71. The van der Waals surface area contributed by atoms with E-state index in [9.17, 15) is 0 Å². The minimum Gasteiger partial charge on any atom is -0.383 e. The van der Waals surface area contributed by atoms with E-state index in [1.54, 1.807) is 7.11 Å². The van der Waals surface area contributed by atoms with Crippen molar-refractivity contribution >= 4 is 29.9 Å². The molecule has 1 unspecified atom stereocenters. The molecule has 0 radical (unpaired) electrons. The SMILES string of the molecule is COCC(C)NC(N)=NCCN1CCN(Cc2ccccc2)CC1.I. The predicted molar refractivity (Wildman–Crippen MR) is 115 cm³/mol. The Morgan fingerprint density at radius 3 is 2.48 bits per heavy atom. The summed E-state index contributed by atoms with van der Waals surface area (Å²) in [5.74, 6) is 0.502. The maximum Gasteiger partial charge on any atom is 0.188 e. The van der Waals surface area contributed by atoms with Crippen LogP contribution in [0.2, 0.25) is 0 Å². The Bertz CT molecular complexity index is 491. The Labute approximate surface area is 168 Å². The lowest BCUT2D eigenvalue weighted by atomic mass is 10.2. The molecule has 1 heterocycles. The van der Waals surface area contributed by atoms with Crippen molar-refractivity contribution in [3.8, 4) is 0 Å². The number of guanidine groups is 1. The van der Waals surface area contributed by atoms with E-state index in [0.29, 0.717) is 12.6 Å². The number of methoxy groups -OCH3 is 1. The smallest absolute Gasteiger partial charge is 0.188 e. The molecule has 0 spiro atoms. The fraction of sp³-hybridized carbons (Fsp3) is 0.611. The van der Waals surface area contributed by atoms with Gasteiger partial charge < -0.3 is 15.8 Å². The van der Waals surface area contributed by atoms with Gasteiger partial charge in [0, 0.05) is 52.4 Å². The highest BCUT2D eigenvalue weighted by Crippen LogP contribution is 2.08. The van der Waals surface area contributed by atoms with Gasteiger partial charge in [-0.15, -0.1) is 24.0 Å². The van der Waals surface area contributed by atoms with Crippen LogP contribution >= 0.6 is 24.0 Å². The second-order valence-corrected chi connectivity index (χ2v) is 6.37. The number of ether oxygens (including phenoxy) is 1. The number of benzene rings is 1. The monoisotopic (exact) mass is 461 g/mol. The maximum atomic E-state index is 5.89. The molecule has 0 saturated carbocycles. The van der Waals surface area contributed by atoms with Crippen molar-refractivity contribution in [2.24, 2.45) is 10.7 Å². The molecular formula is C18H32IN5O. The maximum absolute atomic E-state index is 5.89. The highest BCUT2D eigenvalue weighted by Gasteiger charge is 2.16. The number of nitrogens with zero attached hydrogens (tertiary/aromatic N) is 3. The van der Waals surface area contributed by atoms with Gasteiger partial charge in [0.25, 0.3) is 0 Å². The zero-order valence-corrected chi connectivity index (χ0v) is 17.7. The van der Waals surface area contributed by atoms with Crippen LogP contribution in [0, 0.1) is 0 Å². The zero-order valence-electron chi connectivity index (χ0n) is 15.4. The molecule has 2 rings (SSSR count). The molecule has 1 fully saturated rings. The van der Waals surface area contributed by atoms with Crippen LogP contribution in [0.3, 0.4) is 0 Å². The summed E-state index contributed by atoms with van der Waals surface area (Å²) in [6, 6.07) is 10.9. The molecule has 7 heteroatoms. The summed E-state index contributed by atoms with van der Waals surface area (Å²) in [7, 11) is 1.68. The highest BCUT2D eigenvalue weighted by molar-refractivity contribution is 14.0. The largest absolute Gasteiger partial charge is 0.383 e. The molecule has 1 aromatic carbocycles. The van der Waals surface area contributed by atoms with Gasteiger partial charge in [0.15, 0.2) is 5.96 Å². The number of nitrogens with one attached hydrogen (secondary N) is 1. The Morgan fingerprint density at radius 1 is 1.20 bits per heavy atom. The van der Waals surface area contributed by atoms with Crippen molar-refractivity contribution in [1.82, 2.24) is 15.1 Å². The summed E-state index contributed by atoms with van der Waals surface area (Å²) in [4.78, 5) is 9.37. The van der Waals surface area contributed by atoms with Crippen molar-refractivity contribution in [2.75, 3.05) is 53.0 Å². The number of nitrogens with two attached hydrogens (primary N) is 1. The van der Waals surface area contributed by atoms with Crippen molar-refractivity contribution in [2.45, 2.75) is 19.5 Å². The third-order valence-electron chi connectivity index (χ3n) is 4.22. The van der Waals surface area contributed by atoms with Gasteiger partial charge in [0.05, 0.1) is 13.2 Å². The number of rotatable bonds is 8. The molecule has 0 amide bonds. The van der Waals surface area contributed by atoms with Crippen molar-refractivity contribution in [3.63, 3.8) is 0 Å². The summed E-state index contributed by atoms with van der Waals surface area (Å²) in [5, 5.41) is 3.13. The number of hydrogen-bond acceptors (Lipinski definition) is 4. The number of halogens is 1. The molecule has 0 aromatic heterocycles. The van der Waals surface area contributed by atoms with Gasteiger partial charge in [-0.1, -0.05) is 30.3 Å². The average Bonchev–Trinajstić information content (AvgIpc) is 2.57. The van der Waals surface area contributed by atoms with Gasteiger partial charge in [-0.05, 0) is 12.5 Å². The molecular weight excluding hydrogens is 429 g/mol. The first-order chi connectivity index (χ1) is 11.7. The van der Waals surface area contributed by atoms with Crippen LogP contribution in [-0.4, -0.2) is 74.8 Å². The zero-order chi connectivity index (χ0) is 17.2. The topological polar surface area (TPSA) is 66.1 Å². The van der Waals surface area contributed by atoms with Crippen LogP contribution in [-0.2, 0) is 11.3 Å². The predicted octanol–water partition coefficient (Wildman–Crippen LogP) is 1.36. The molecule has 1 aromatic rings. The van der Waals surface area contributed by atoms with E-state index in [1.807, 2.05) is 6.92 Å². The van der Waals surface area contributed by atoms with E-state index >= 15 is 0 Å². The van der Waals surface area contributed by atoms with E-state index in [-0.39, 0.29) is 30.0 Å². The van der Waals surface area contributed by atoms with Crippen LogP contribution < -0.4 is 11.1 Å². The molecule has 1 aliphatic heterocycles. The van der Waals surface area contributed by atoms with Gasteiger partial charge >= 0.3 is 0 Å². The number of aliphatic imine (C=N–C) groups is 1. The molecule has 0 aliphatic carbocycles. The summed E-state index contributed by atoms with van der Waals surface area (Å²) in [6.07, 6.45) is 0.